The monoisotopic (exact) mass is 237 g/mol. The molecule has 0 spiro atoms. The highest BCUT2D eigenvalue weighted by molar-refractivity contribution is 5.06. The Bertz CT molecular complexity index is 316. The van der Waals surface area contributed by atoms with Gasteiger partial charge in [-0.15, -0.1) is 0 Å². The molecule has 0 bridgehead atoms. The molecule has 1 aromatic rings. The predicted octanol–water partition coefficient (Wildman–Crippen LogP) is 3.10. The lowest BCUT2D eigenvalue weighted by Crippen LogP contribution is -2.13. The summed E-state index contributed by atoms with van der Waals surface area (Å²) in [6.45, 7) is 2.28. The first-order chi connectivity index (χ1) is 8.38. The van der Waals surface area contributed by atoms with Crippen LogP contribution in [0.25, 0.3) is 0 Å². The summed E-state index contributed by atoms with van der Waals surface area (Å²) in [6.07, 6.45) is 6.83. The Morgan fingerprint density at radius 1 is 1.24 bits per heavy atom. The Kier molecular flexibility index (Phi) is 5.08. The maximum absolute atomic E-state index is 5.74. The van der Waals surface area contributed by atoms with Gasteiger partial charge in [-0.2, -0.15) is 0 Å². The summed E-state index contributed by atoms with van der Waals surface area (Å²) in [5, 5.41) is 3.07. The molecule has 1 fully saturated rings. The van der Waals surface area contributed by atoms with Crippen LogP contribution >= 0.6 is 0 Å². The predicted molar refractivity (Wildman–Crippen MR) is 67.7 cm³/mol. The highest BCUT2D eigenvalue weighted by atomic mass is 16.5. The van der Waals surface area contributed by atoms with Crippen molar-refractivity contribution in [1.82, 2.24) is 5.32 Å². The molecule has 3 heteroatoms. The van der Waals surface area contributed by atoms with Gasteiger partial charge in [-0.05, 0) is 37.9 Å². The van der Waals surface area contributed by atoms with E-state index in [1.165, 1.54) is 32.1 Å². The van der Waals surface area contributed by atoms with E-state index < -0.39 is 0 Å². The molecule has 1 aromatic heterocycles. The fourth-order valence-electron chi connectivity index (χ4n) is 2.45. The van der Waals surface area contributed by atoms with Gasteiger partial charge < -0.3 is 14.5 Å². The number of hydrogen-bond acceptors (Lipinski definition) is 3. The van der Waals surface area contributed by atoms with Crippen molar-refractivity contribution >= 4 is 0 Å². The number of hydrogen-bond donors (Lipinski definition) is 1. The first-order valence-corrected chi connectivity index (χ1v) is 6.68. The van der Waals surface area contributed by atoms with Crippen LogP contribution in [0.5, 0.6) is 0 Å². The smallest absolute Gasteiger partial charge is 0.129 e. The van der Waals surface area contributed by atoms with Gasteiger partial charge in [0, 0.05) is 6.61 Å². The zero-order chi connectivity index (χ0) is 11.9. The van der Waals surface area contributed by atoms with E-state index in [0.717, 1.165) is 30.6 Å². The third-order valence-corrected chi connectivity index (χ3v) is 3.39. The van der Waals surface area contributed by atoms with Gasteiger partial charge in [0.05, 0.1) is 6.54 Å². The fraction of sp³-hybridized carbons (Fsp3) is 0.714. The molecule has 0 amide bonds. The second kappa shape index (κ2) is 6.82. The molecule has 0 atom stereocenters. The number of nitrogens with one attached hydrogen (secondary N) is 1. The normalized spacial score (nSPS) is 17.5. The molecule has 0 radical (unpaired) electrons. The lowest BCUT2D eigenvalue weighted by atomic mass is 9.90. The first-order valence-electron chi connectivity index (χ1n) is 6.68. The van der Waals surface area contributed by atoms with Crippen LogP contribution in [0.15, 0.2) is 16.5 Å². The van der Waals surface area contributed by atoms with E-state index in [4.69, 9.17) is 9.15 Å². The number of ether oxygens (including phenoxy) is 1. The van der Waals surface area contributed by atoms with Crippen LogP contribution < -0.4 is 5.32 Å². The van der Waals surface area contributed by atoms with Crippen LogP contribution in [0.1, 0.15) is 43.6 Å². The lowest BCUT2D eigenvalue weighted by Gasteiger charge is -2.20. The van der Waals surface area contributed by atoms with Gasteiger partial charge in [0.1, 0.15) is 18.1 Å². The van der Waals surface area contributed by atoms with Crippen LogP contribution in [0.3, 0.4) is 0 Å². The van der Waals surface area contributed by atoms with Crippen molar-refractivity contribution in [2.45, 2.75) is 45.3 Å². The Morgan fingerprint density at radius 2 is 2.00 bits per heavy atom. The van der Waals surface area contributed by atoms with Crippen LogP contribution in [0.4, 0.5) is 0 Å². The van der Waals surface area contributed by atoms with Crippen LogP contribution in [-0.2, 0) is 17.9 Å². The summed E-state index contributed by atoms with van der Waals surface area (Å²) in [5.41, 5.74) is 0. The zero-order valence-electron chi connectivity index (χ0n) is 10.7. The Hall–Kier alpha value is -0.800. The summed E-state index contributed by atoms with van der Waals surface area (Å²) >= 11 is 0. The molecule has 1 N–H and O–H groups in total. The largest absolute Gasteiger partial charge is 0.462 e. The molecule has 0 aliphatic heterocycles. The van der Waals surface area contributed by atoms with E-state index in [1.807, 2.05) is 19.2 Å². The van der Waals surface area contributed by atoms with Gasteiger partial charge in [-0.1, -0.05) is 19.3 Å². The summed E-state index contributed by atoms with van der Waals surface area (Å²) < 4.78 is 11.4. The molecule has 1 saturated carbocycles. The minimum Gasteiger partial charge on any atom is -0.462 e. The molecule has 96 valence electrons. The Morgan fingerprint density at radius 3 is 2.76 bits per heavy atom. The van der Waals surface area contributed by atoms with E-state index >= 15 is 0 Å². The third kappa shape index (κ3) is 4.17. The quantitative estimate of drug-likeness (QED) is 0.825. The van der Waals surface area contributed by atoms with Gasteiger partial charge >= 0.3 is 0 Å². The summed E-state index contributed by atoms with van der Waals surface area (Å²) in [7, 11) is 1.92. The van der Waals surface area contributed by atoms with Gasteiger partial charge in [-0.25, -0.2) is 0 Å². The van der Waals surface area contributed by atoms with Gasteiger partial charge in [0.15, 0.2) is 0 Å². The molecule has 1 heterocycles. The van der Waals surface area contributed by atoms with Crippen LogP contribution in [-0.4, -0.2) is 13.7 Å². The third-order valence-electron chi connectivity index (χ3n) is 3.39. The molecule has 0 aromatic carbocycles. The highest BCUT2D eigenvalue weighted by Crippen LogP contribution is 2.24. The summed E-state index contributed by atoms with van der Waals surface area (Å²) in [4.78, 5) is 0. The minimum atomic E-state index is 0.611. The molecule has 1 aliphatic rings. The average Bonchev–Trinajstić information content (AvgIpc) is 2.79. The van der Waals surface area contributed by atoms with Crippen molar-refractivity contribution in [1.29, 1.82) is 0 Å². The summed E-state index contributed by atoms with van der Waals surface area (Å²) in [5.74, 6) is 2.69. The van der Waals surface area contributed by atoms with E-state index in [-0.39, 0.29) is 0 Å². The zero-order valence-corrected chi connectivity index (χ0v) is 10.7. The second-order valence-corrected chi connectivity index (χ2v) is 4.92. The molecule has 0 unspecified atom stereocenters. The Labute approximate surface area is 104 Å². The average molecular weight is 237 g/mol. The molecule has 17 heavy (non-hydrogen) atoms. The van der Waals surface area contributed by atoms with Crippen LogP contribution in [0, 0.1) is 5.92 Å². The van der Waals surface area contributed by atoms with E-state index in [2.05, 4.69) is 5.32 Å². The molecule has 0 saturated heterocycles. The fourth-order valence-corrected chi connectivity index (χ4v) is 2.45. The number of rotatable bonds is 6. The topological polar surface area (TPSA) is 34.4 Å². The highest BCUT2D eigenvalue weighted by Gasteiger charge is 2.13. The van der Waals surface area contributed by atoms with Crippen LogP contribution in [0.2, 0.25) is 0 Å². The van der Waals surface area contributed by atoms with E-state index in [0.29, 0.717) is 6.61 Å². The number of furan rings is 1. The molecular formula is C14H23NO2. The molecule has 3 nitrogen and oxygen atoms in total. The Balaban J connectivity index is 1.66. The maximum Gasteiger partial charge on any atom is 0.129 e. The van der Waals surface area contributed by atoms with E-state index in [9.17, 15) is 0 Å². The van der Waals surface area contributed by atoms with Gasteiger partial charge in [0.2, 0.25) is 0 Å². The standard InChI is InChI=1S/C14H23NO2/c1-15-9-13-7-8-14(17-13)11-16-10-12-5-3-2-4-6-12/h7-8,12,15H,2-6,9-11H2,1H3. The first kappa shape index (κ1) is 12.7. The minimum absolute atomic E-state index is 0.611. The molecule has 2 rings (SSSR count). The van der Waals surface area contributed by atoms with Crippen molar-refractivity contribution in [2.75, 3.05) is 13.7 Å². The maximum atomic E-state index is 5.74. The van der Waals surface area contributed by atoms with Crippen molar-refractivity contribution in [2.24, 2.45) is 5.92 Å². The van der Waals surface area contributed by atoms with Crippen molar-refractivity contribution < 1.29 is 9.15 Å². The van der Waals surface area contributed by atoms with E-state index in [1.54, 1.807) is 0 Å². The molecular weight excluding hydrogens is 214 g/mol. The van der Waals surface area contributed by atoms with Crippen molar-refractivity contribution in [3.8, 4) is 0 Å². The summed E-state index contributed by atoms with van der Waals surface area (Å²) in [6, 6.07) is 4.02. The molecule has 1 aliphatic carbocycles. The lowest BCUT2D eigenvalue weighted by molar-refractivity contribution is 0.0631. The SMILES string of the molecule is CNCc1ccc(COCC2CCCCC2)o1. The van der Waals surface area contributed by atoms with Gasteiger partial charge in [-0.3, -0.25) is 0 Å². The second-order valence-electron chi connectivity index (χ2n) is 4.92. The van der Waals surface area contributed by atoms with Crippen molar-refractivity contribution in [3.05, 3.63) is 23.7 Å². The van der Waals surface area contributed by atoms with Crippen molar-refractivity contribution in [3.63, 3.8) is 0 Å². The van der Waals surface area contributed by atoms with Gasteiger partial charge in [0.25, 0.3) is 0 Å².